The Kier molecular flexibility index (Phi) is 6.33. The fourth-order valence-electron chi connectivity index (χ4n) is 4.08. The molecule has 3 aliphatic rings. The highest BCUT2D eigenvalue weighted by molar-refractivity contribution is 6.32. The molecule has 5 rings (SSSR count). The van der Waals surface area contributed by atoms with E-state index in [4.69, 9.17) is 19.6 Å². The minimum absolute atomic E-state index is 0.0731. The maximum atomic E-state index is 10.0. The minimum atomic E-state index is -0.295. The molecule has 3 aliphatic heterocycles. The lowest BCUT2D eigenvalue weighted by Crippen LogP contribution is -2.41. The van der Waals surface area contributed by atoms with Crippen LogP contribution in [-0.2, 0) is 0 Å². The highest BCUT2D eigenvalue weighted by Gasteiger charge is 2.29. The van der Waals surface area contributed by atoms with Crippen molar-refractivity contribution in [3.8, 4) is 28.7 Å². The Morgan fingerprint density at radius 1 is 1.15 bits per heavy atom. The Bertz CT molecular complexity index is 1240. The summed E-state index contributed by atoms with van der Waals surface area (Å²) in [7, 11) is 0. The first-order chi connectivity index (χ1) is 16.8. The number of hydrogen-bond donors (Lipinski definition) is 3. The molecule has 0 amide bonds. The van der Waals surface area contributed by atoms with Gasteiger partial charge in [-0.1, -0.05) is 18.2 Å². The van der Waals surface area contributed by atoms with Crippen LogP contribution >= 0.6 is 0 Å². The zero-order valence-electron chi connectivity index (χ0n) is 18.4. The first-order valence-corrected chi connectivity index (χ1v) is 11.1. The molecule has 9 heteroatoms. The highest BCUT2D eigenvalue weighted by atomic mass is 16.6. The first kappa shape index (κ1) is 21.8. The van der Waals surface area contributed by atoms with Gasteiger partial charge >= 0.3 is 0 Å². The standard InChI is InChI=1S/C25H24N6O3/c26-13-19-18(16-4-5-22-23(12-16)34-11-10-33-22)2-1-3-20(19)31-25-24-21(6-7-28-25)30-17(15-29-24)14-27-8-9-32/h1-7,12,15,21,24,27,32H,8-11,14H2,(H,28,31). The zero-order valence-corrected chi connectivity index (χ0v) is 18.4. The van der Waals surface area contributed by atoms with Gasteiger partial charge in [-0.25, -0.2) is 4.99 Å². The van der Waals surface area contributed by atoms with Crippen molar-refractivity contribution in [2.45, 2.75) is 12.1 Å². The smallest absolute Gasteiger partial charge is 0.161 e. The van der Waals surface area contributed by atoms with Crippen molar-refractivity contribution in [2.24, 2.45) is 15.0 Å². The summed E-state index contributed by atoms with van der Waals surface area (Å²) in [6.45, 7) is 2.14. The second-order valence-corrected chi connectivity index (χ2v) is 7.91. The van der Waals surface area contributed by atoms with Crippen molar-refractivity contribution in [1.82, 2.24) is 5.32 Å². The van der Waals surface area contributed by atoms with E-state index in [-0.39, 0.29) is 18.7 Å². The fraction of sp³-hybridized carbons (Fsp3) is 0.280. The molecule has 0 spiro atoms. The number of amidine groups is 1. The van der Waals surface area contributed by atoms with E-state index in [2.05, 4.69) is 26.7 Å². The number of benzene rings is 2. The molecule has 2 aromatic rings. The number of aliphatic hydroxyl groups excluding tert-OH is 1. The Balaban J connectivity index is 1.39. The van der Waals surface area contributed by atoms with Gasteiger partial charge in [-0.05, 0) is 29.8 Å². The third-order valence-corrected chi connectivity index (χ3v) is 5.69. The third kappa shape index (κ3) is 4.41. The molecule has 0 fully saturated rings. The zero-order chi connectivity index (χ0) is 23.3. The molecular weight excluding hydrogens is 432 g/mol. The quantitative estimate of drug-likeness (QED) is 0.573. The van der Waals surface area contributed by atoms with Crippen molar-refractivity contribution in [3.05, 3.63) is 54.2 Å². The molecule has 34 heavy (non-hydrogen) atoms. The lowest BCUT2D eigenvalue weighted by Gasteiger charge is -2.27. The third-order valence-electron chi connectivity index (χ3n) is 5.69. The molecule has 3 N–H and O–H groups in total. The van der Waals surface area contributed by atoms with E-state index in [0.717, 1.165) is 16.8 Å². The Hall–Kier alpha value is -4.00. The molecule has 0 bridgehead atoms. The van der Waals surface area contributed by atoms with Crippen LogP contribution in [-0.4, -0.2) is 67.9 Å². The molecule has 2 unspecified atom stereocenters. The number of rotatable bonds is 6. The van der Waals surface area contributed by atoms with E-state index < -0.39 is 0 Å². The van der Waals surface area contributed by atoms with E-state index in [1.807, 2.05) is 42.5 Å². The molecule has 172 valence electrons. The predicted octanol–water partition coefficient (Wildman–Crippen LogP) is 2.18. The van der Waals surface area contributed by atoms with Crippen LogP contribution in [0.15, 0.2) is 63.7 Å². The average molecular weight is 457 g/mol. The molecule has 0 radical (unpaired) electrons. The van der Waals surface area contributed by atoms with E-state index in [1.54, 1.807) is 12.4 Å². The molecule has 0 saturated carbocycles. The van der Waals surface area contributed by atoms with Crippen molar-refractivity contribution in [3.63, 3.8) is 0 Å². The number of nitrogens with one attached hydrogen (secondary N) is 2. The topological polar surface area (TPSA) is 124 Å². The number of ether oxygens (including phenoxy) is 2. The van der Waals surface area contributed by atoms with Gasteiger partial charge in [0.05, 0.1) is 29.6 Å². The molecule has 9 nitrogen and oxygen atoms in total. The number of fused-ring (bicyclic) bond motifs is 2. The lowest BCUT2D eigenvalue weighted by atomic mass is 9.97. The number of nitrogens with zero attached hydrogens (tertiary/aromatic N) is 4. The van der Waals surface area contributed by atoms with Gasteiger partial charge in [0.2, 0.25) is 0 Å². The van der Waals surface area contributed by atoms with Crippen molar-refractivity contribution in [1.29, 1.82) is 5.26 Å². The second kappa shape index (κ2) is 9.87. The Morgan fingerprint density at radius 2 is 2.03 bits per heavy atom. The Labute approximate surface area is 197 Å². The molecule has 2 aromatic carbocycles. The van der Waals surface area contributed by atoms with Gasteiger partial charge in [0, 0.05) is 31.1 Å². The predicted molar refractivity (Wildman–Crippen MR) is 131 cm³/mol. The van der Waals surface area contributed by atoms with Gasteiger partial charge < -0.3 is 25.2 Å². The van der Waals surface area contributed by atoms with Crippen LogP contribution in [0.2, 0.25) is 0 Å². The van der Waals surface area contributed by atoms with Crippen molar-refractivity contribution < 1.29 is 14.6 Å². The summed E-state index contributed by atoms with van der Waals surface area (Å²) in [5, 5.41) is 25.4. The summed E-state index contributed by atoms with van der Waals surface area (Å²) in [5.41, 5.74) is 3.63. The van der Waals surface area contributed by atoms with Crippen molar-refractivity contribution >= 4 is 23.4 Å². The average Bonchev–Trinajstić information content (AvgIpc) is 2.88. The summed E-state index contributed by atoms with van der Waals surface area (Å²) in [6, 6.07) is 13.2. The van der Waals surface area contributed by atoms with Gasteiger partial charge in [-0.3, -0.25) is 9.98 Å². The van der Waals surface area contributed by atoms with Gasteiger partial charge in [-0.15, -0.1) is 0 Å². The SMILES string of the molecule is N#Cc1c(NC2=NC=CC3N=C(CNCCO)C=NC23)cccc1-c1ccc2c(c1)OCCO2. The number of aliphatic imine (C=N–C) groups is 3. The summed E-state index contributed by atoms with van der Waals surface area (Å²) >= 11 is 0. The lowest BCUT2D eigenvalue weighted by molar-refractivity contribution is 0.171. The van der Waals surface area contributed by atoms with Crippen LogP contribution in [0, 0.1) is 11.3 Å². The van der Waals surface area contributed by atoms with Crippen LogP contribution in [0.25, 0.3) is 11.1 Å². The first-order valence-electron chi connectivity index (χ1n) is 11.1. The molecule has 0 saturated heterocycles. The van der Waals surface area contributed by atoms with Gasteiger partial charge in [0.15, 0.2) is 11.5 Å². The van der Waals surface area contributed by atoms with E-state index in [0.29, 0.717) is 54.9 Å². The van der Waals surface area contributed by atoms with E-state index >= 15 is 0 Å². The maximum absolute atomic E-state index is 10.0. The minimum Gasteiger partial charge on any atom is -0.486 e. The normalized spacial score (nSPS) is 20.1. The molecule has 0 aromatic heterocycles. The van der Waals surface area contributed by atoms with E-state index in [9.17, 15) is 5.26 Å². The number of nitriles is 1. The summed E-state index contributed by atoms with van der Waals surface area (Å²) in [6.07, 6.45) is 5.36. The largest absolute Gasteiger partial charge is 0.486 e. The fourth-order valence-corrected chi connectivity index (χ4v) is 4.08. The second-order valence-electron chi connectivity index (χ2n) is 7.91. The van der Waals surface area contributed by atoms with Crippen molar-refractivity contribution in [2.75, 3.05) is 38.2 Å². The summed E-state index contributed by atoms with van der Waals surface area (Å²) < 4.78 is 11.3. The van der Waals surface area contributed by atoms with Crippen LogP contribution < -0.4 is 20.1 Å². The van der Waals surface area contributed by atoms with Gasteiger partial charge in [-0.2, -0.15) is 5.26 Å². The molecule has 3 heterocycles. The van der Waals surface area contributed by atoms with E-state index in [1.165, 1.54) is 0 Å². The number of aliphatic hydroxyl groups is 1. The summed E-state index contributed by atoms with van der Waals surface area (Å²) in [4.78, 5) is 13.9. The Morgan fingerprint density at radius 3 is 2.88 bits per heavy atom. The van der Waals surface area contributed by atoms with Crippen LogP contribution in [0.3, 0.4) is 0 Å². The summed E-state index contributed by atoms with van der Waals surface area (Å²) in [5.74, 6) is 2.01. The molecule has 2 atom stereocenters. The van der Waals surface area contributed by atoms with Crippen LogP contribution in [0.1, 0.15) is 5.56 Å². The maximum Gasteiger partial charge on any atom is 0.161 e. The number of hydrogen-bond acceptors (Lipinski definition) is 9. The van der Waals surface area contributed by atoms with Crippen LogP contribution in [0.5, 0.6) is 11.5 Å². The number of anilines is 1. The molecule has 0 aliphatic carbocycles. The molecular formula is C25H24N6O3. The van der Waals surface area contributed by atoms with Gasteiger partial charge in [0.25, 0.3) is 0 Å². The highest BCUT2D eigenvalue weighted by Crippen LogP contribution is 2.37. The van der Waals surface area contributed by atoms with Gasteiger partial charge in [0.1, 0.15) is 31.2 Å². The monoisotopic (exact) mass is 456 g/mol. The van der Waals surface area contributed by atoms with Crippen LogP contribution in [0.4, 0.5) is 5.69 Å².